The predicted octanol–water partition coefficient (Wildman–Crippen LogP) is 3.41. The fraction of sp³-hybridized carbons (Fsp3) is 0.533. The quantitative estimate of drug-likeness (QED) is 0.756. The van der Waals surface area contributed by atoms with Gasteiger partial charge in [0, 0.05) is 12.3 Å². The highest BCUT2D eigenvalue weighted by molar-refractivity contribution is 5.80. The van der Waals surface area contributed by atoms with E-state index in [1.165, 1.54) is 17.5 Å². The molecular formula is C15H20O. The number of hydrogen-bond acceptors (Lipinski definition) is 1. The summed E-state index contributed by atoms with van der Waals surface area (Å²) in [5.74, 6) is 1.19. The Morgan fingerprint density at radius 3 is 2.69 bits per heavy atom. The van der Waals surface area contributed by atoms with Crippen LogP contribution in [-0.4, -0.2) is 5.78 Å². The highest BCUT2D eigenvalue weighted by atomic mass is 16.1. The van der Waals surface area contributed by atoms with E-state index in [9.17, 15) is 4.79 Å². The third-order valence-corrected chi connectivity index (χ3v) is 3.58. The second kappa shape index (κ2) is 4.82. The number of carbonyl (C=O) groups is 1. The number of hydrogen-bond donors (Lipinski definition) is 0. The lowest BCUT2D eigenvalue weighted by atomic mass is 9.80. The Labute approximate surface area is 97.9 Å². The number of aryl methyl sites for hydroxylation is 1. The Balaban J connectivity index is 2.00. The third-order valence-electron chi connectivity index (χ3n) is 3.58. The van der Waals surface area contributed by atoms with Gasteiger partial charge in [-0.15, -0.1) is 0 Å². The molecule has 2 rings (SSSR count). The first-order valence-corrected chi connectivity index (χ1v) is 6.26. The largest absolute Gasteiger partial charge is 0.299 e. The molecule has 0 fully saturated rings. The van der Waals surface area contributed by atoms with E-state index in [-0.39, 0.29) is 5.92 Å². The number of fused-ring (bicyclic) bond motifs is 1. The van der Waals surface area contributed by atoms with Gasteiger partial charge in [-0.2, -0.15) is 0 Å². The highest BCUT2D eigenvalue weighted by Gasteiger charge is 2.21. The van der Waals surface area contributed by atoms with Crippen LogP contribution in [0.15, 0.2) is 24.3 Å². The van der Waals surface area contributed by atoms with Crippen molar-refractivity contribution >= 4 is 5.78 Å². The van der Waals surface area contributed by atoms with Gasteiger partial charge >= 0.3 is 0 Å². The SMILES string of the molecule is CC(C)C(=O)CC1CCc2ccccc2C1. The van der Waals surface area contributed by atoms with Gasteiger partial charge in [-0.3, -0.25) is 4.79 Å². The normalized spacial score (nSPS) is 19.6. The van der Waals surface area contributed by atoms with E-state index >= 15 is 0 Å². The van der Waals surface area contributed by atoms with Gasteiger partial charge in [0.05, 0.1) is 0 Å². The molecule has 1 nitrogen and oxygen atoms in total. The number of rotatable bonds is 3. The molecule has 1 aromatic carbocycles. The van der Waals surface area contributed by atoms with Crippen molar-refractivity contribution in [2.45, 2.75) is 39.5 Å². The molecule has 1 aromatic rings. The Morgan fingerprint density at radius 1 is 1.31 bits per heavy atom. The van der Waals surface area contributed by atoms with Crippen molar-refractivity contribution in [1.82, 2.24) is 0 Å². The second-order valence-electron chi connectivity index (χ2n) is 5.20. The zero-order chi connectivity index (χ0) is 11.5. The maximum Gasteiger partial charge on any atom is 0.135 e. The van der Waals surface area contributed by atoms with Gasteiger partial charge in [-0.1, -0.05) is 38.1 Å². The van der Waals surface area contributed by atoms with Crippen LogP contribution in [0.2, 0.25) is 0 Å². The topological polar surface area (TPSA) is 17.1 Å². The van der Waals surface area contributed by atoms with E-state index < -0.39 is 0 Å². The monoisotopic (exact) mass is 216 g/mol. The summed E-state index contributed by atoms with van der Waals surface area (Å²) in [4.78, 5) is 11.7. The van der Waals surface area contributed by atoms with Crippen molar-refractivity contribution in [2.24, 2.45) is 11.8 Å². The van der Waals surface area contributed by atoms with Gasteiger partial charge in [-0.25, -0.2) is 0 Å². The van der Waals surface area contributed by atoms with E-state index in [4.69, 9.17) is 0 Å². The molecule has 0 amide bonds. The van der Waals surface area contributed by atoms with Gasteiger partial charge in [0.1, 0.15) is 5.78 Å². The van der Waals surface area contributed by atoms with Crippen LogP contribution in [0, 0.1) is 11.8 Å². The zero-order valence-electron chi connectivity index (χ0n) is 10.2. The van der Waals surface area contributed by atoms with Gasteiger partial charge in [-0.05, 0) is 36.3 Å². The molecule has 0 spiro atoms. The second-order valence-corrected chi connectivity index (χ2v) is 5.20. The number of benzene rings is 1. The van der Waals surface area contributed by atoms with Crippen molar-refractivity contribution in [3.63, 3.8) is 0 Å². The van der Waals surface area contributed by atoms with E-state index in [0.29, 0.717) is 11.7 Å². The molecule has 0 aliphatic heterocycles. The zero-order valence-corrected chi connectivity index (χ0v) is 10.2. The number of ketones is 1. The molecule has 0 N–H and O–H groups in total. The molecule has 0 bridgehead atoms. The molecule has 16 heavy (non-hydrogen) atoms. The van der Waals surface area contributed by atoms with Gasteiger partial charge in [0.2, 0.25) is 0 Å². The summed E-state index contributed by atoms with van der Waals surface area (Å²) in [5.41, 5.74) is 2.94. The predicted molar refractivity (Wildman–Crippen MR) is 66.4 cm³/mol. The summed E-state index contributed by atoms with van der Waals surface area (Å²) in [6, 6.07) is 8.64. The number of carbonyl (C=O) groups excluding carboxylic acids is 1. The molecule has 0 saturated heterocycles. The summed E-state index contributed by atoms with van der Waals surface area (Å²) in [6.45, 7) is 4.00. The van der Waals surface area contributed by atoms with Crippen molar-refractivity contribution in [2.75, 3.05) is 0 Å². The van der Waals surface area contributed by atoms with E-state index in [1.54, 1.807) is 0 Å². The molecule has 86 valence electrons. The minimum atomic E-state index is 0.192. The summed E-state index contributed by atoms with van der Waals surface area (Å²) in [7, 11) is 0. The van der Waals surface area contributed by atoms with Crippen LogP contribution in [0.5, 0.6) is 0 Å². The fourth-order valence-electron chi connectivity index (χ4n) is 2.47. The van der Waals surface area contributed by atoms with Crippen molar-refractivity contribution in [1.29, 1.82) is 0 Å². The molecule has 0 heterocycles. The summed E-state index contributed by atoms with van der Waals surface area (Å²) in [6.07, 6.45) is 4.18. The standard InChI is InChI=1S/C15H20O/c1-11(2)15(16)10-12-7-8-13-5-3-4-6-14(13)9-12/h3-6,11-12H,7-10H2,1-2H3. The minimum absolute atomic E-state index is 0.192. The molecule has 0 aromatic heterocycles. The van der Waals surface area contributed by atoms with Crippen LogP contribution in [0.25, 0.3) is 0 Å². The highest BCUT2D eigenvalue weighted by Crippen LogP contribution is 2.28. The fourth-order valence-corrected chi connectivity index (χ4v) is 2.47. The van der Waals surface area contributed by atoms with Crippen LogP contribution in [0.4, 0.5) is 0 Å². The maximum absolute atomic E-state index is 11.7. The molecule has 1 unspecified atom stereocenters. The van der Waals surface area contributed by atoms with Crippen LogP contribution in [0.1, 0.15) is 37.8 Å². The molecule has 1 heteroatoms. The van der Waals surface area contributed by atoms with Crippen LogP contribution < -0.4 is 0 Å². The third kappa shape index (κ3) is 2.52. The molecular weight excluding hydrogens is 196 g/mol. The molecule has 1 atom stereocenters. The van der Waals surface area contributed by atoms with Gasteiger partial charge in [0.15, 0.2) is 0 Å². The van der Waals surface area contributed by atoms with Crippen LogP contribution in [0.3, 0.4) is 0 Å². The Bertz CT molecular complexity index is 379. The summed E-state index contributed by atoms with van der Waals surface area (Å²) >= 11 is 0. The summed E-state index contributed by atoms with van der Waals surface area (Å²) in [5, 5.41) is 0. The lowest BCUT2D eigenvalue weighted by Crippen LogP contribution is -2.19. The Kier molecular flexibility index (Phi) is 3.42. The van der Waals surface area contributed by atoms with E-state index in [0.717, 1.165) is 19.3 Å². The van der Waals surface area contributed by atoms with Crippen molar-refractivity contribution in [3.8, 4) is 0 Å². The smallest absolute Gasteiger partial charge is 0.135 e. The molecule has 1 aliphatic carbocycles. The van der Waals surface area contributed by atoms with Crippen LogP contribution >= 0.6 is 0 Å². The lowest BCUT2D eigenvalue weighted by molar-refractivity contribution is -0.122. The molecule has 0 radical (unpaired) electrons. The maximum atomic E-state index is 11.7. The van der Waals surface area contributed by atoms with Crippen molar-refractivity contribution < 1.29 is 4.79 Å². The van der Waals surface area contributed by atoms with Gasteiger partial charge in [0.25, 0.3) is 0 Å². The first-order valence-electron chi connectivity index (χ1n) is 6.26. The van der Waals surface area contributed by atoms with Gasteiger partial charge < -0.3 is 0 Å². The average Bonchev–Trinajstić information content (AvgIpc) is 2.28. The molecule has 0 saturated carbocycles. The molecule has 1 aliphatic rings. The Morgan fingerprint density at radius 2 is 2.00 bits per heavy atom. The van der Waals surface area contributed by atoms with Crippen LogP contribution in [-0.2, 0) is 17.6 Å². The minimum Gasteiger partial charge on any atom is -0.299 e. The van der Waals surface area contributed by atoms with Crippen molar-refractivity contribution in [3.05, 3.63) is 35.4 Å². The number of Topliss-reactive ketones (excluding diaryl/α,β-unsaturated/α-hetero) is 1. The summed E-state index contributed by atoms with van der Waals surface area (Å²) < 4.78 is 0. The van der Waals surface area contributed by atoms with E-state index in [2.05, 4.69) is 24.3 Å². The lowest BCUT2D eigenvalue weighted by Gasteiger charge is -2.24. The van der Waals surface area contributed by atoms with E-state index in [1.807, 2.05) is 13.8 Å². The Hall–Kier alpha value is -1.11. The first-order chi connectivity index (χ1) is 7.66. The average molecular weight is 216 g/mol. The first kappa shape index (κ1) is 11.4.